The Balaban J connectivity index is 2.15. The Hall–Kier alpha value is -1.42. The average Bonchev–Trinajstić information content (AvgIpc) is 2.41. The van der Waals surface area contributed by atoms with Gasteiger partial charge in [-0.3, -0.25) is 4.79 Å². The average molecular weight is 307 g/mol. The van der Waals surface area contributed by atoms with Crippen molar-refractivity contribution in [3.8, 4) is 0 Å². The molecule has 4 heteroatoms. The van der Waals surface area contributed by atoms with E-state index in [-0.39, 0.29) is 5.56 Å². The number of hydrogen-bond donors (Lipinski definition) is 1. The normalized spacial score (nSPS) is 10.6. The molecule has 0 fully saturated rings. The molecule has 18 heavy (non-hydrogen) atoms. The summed E-state index contributed by atoms with van der Waals surface area (Å²) in [6, 6.07) is 10.2. The molecule has 1 aromatic heterocycles. The number of nitrogens with zero attached hydrogens (tertiary/aromatic N) is 1. The van der Waals surface area contributed by atoms with E-state index in [1.165, 1.54) is 5.56 Å². The quantitative estimate of drug-likeness (QED) is 0.944. The zero-order valence-corrected chi connectivity index (χ0v) is 11.8. The monoisotopic (exact) mass is 306 g/mol. The molecule has 94 valence electrons. The molecule has 3 nitrogen and oxygen atoms in total. The van der Waals surface area contributed by atoms with Gasteiger partial charge >= 0.3 is 0 Å². The predicted octanol–water partition coefficient (Wildman–Crippen LogP) is 2.88. The van der Waals surface area contributed by atoms with Crippen molar-refractivity contribution in [3.05, 3.63) is 62.2 Å². The van der Waals surface area contributed by atoms with Crippen molar-refractivity contribution in [1.82, 2.24) is 9.97 Å². The summed E-state index contributed by atoms with van der Waals surface area (Å²) in [5.41, 5.74) is 1.98. The van der Waals surface area contributed by atoms with Gasteiger partial charge in [-0.2, -0.15) is 0 Å². The fourth-order valence-electron chi connectivity index (χ4n) is 1.82. The maximum Gasteiger partial charge on any atom is 0.265 e. The van der Waals surface area contributed by atoms with Gasteiger partial charge in [0, 0.05) is 6.42 Å². The van der Waals surface area contributed by atoms with Crippen molar-refractivity contribution in [3.63, 3.8) is 0 Å². The summed E-state index contributed by atoms with van der Waals surface area (Å²) in [7, 11) is 0. The highest BCUT2D eigenvalue weighted by atomic mass is 79.9. The van der Waals surface area contributed by atoms with Gasteiger partial charge in [-0.25, -0.2) is 4.98 Å². The van der Waals surface area contributed by atoms with E-state index in [0.717, 1.165) is 30.8 Å². The molecule has 0 spiro atoms. The van der Waals surface area contributed by atoms with Gasteiger partial charge in [-0.1, -0.05) is 37.3 Å². The molecule has 1 heterocycles. The molecule has 0 atom stereocenters. The molecule has 0 radical (unpaired) electrons. The van der Waals surface area contributed by atoms with Crippen LogP contribution in [0.1, 0.15) is 24.0 Å². The Labute approximate surface area is 114 Å². The number of hydrogen-bond acceptors (Lipinski definition) is 2. The Morgan fingerprint density at radius 2 is 1.94 bits per heavy atom. The first-order valence-corrected chi connectivity index (χ1v) is 6.81. The number of aryl methyl sites for hydroxylation is 3. The zero-order valence-electron chi connectivity index (χ0n) is 10.2. The molecular formula is C14H15BrN2O. The number of nitrogens with one attached hydrogen (secondary N) is 1. The summed E-state index contributed by atoms with van der Waals surface area (Å²) >= 11 is 3.26. The highest BCUT2D eigenvalue weighted by Crippen LogP contribution is 2.10. The third-order valence-corrected chi connectivity index (χ3v) is 3.63. The topological polar surface area (TPSA) is 45.8 Å². The summed E-state index contributed by atoms with van der Waals surface area (Å²) < 4.78 is 0.550. The lowest BCUT2D eigenvalue weighted by atomic mass is 10.1. The molecule has 0 saturated carbocycles. The summed E-state index contributed by atoms with van der Waals surface area (Å²) in [5, 5.41) is 0. The summed E-state index contributed by atoms with van der Waals surface area (Å²) in [4.78, 5) is 19.0. The molecule has 0 aliphatic heterocycles. The van der Waals surface area contributed by atoms with Crippen LogP contribution in [0.4, 0.5) is 0 Å². The summed E-state index contributed by atoms with van der Waals surface area (Å²) in [5.74, 6) is 0.754. The fraction of sp³-hybridized carbons (Fsp3) is 0.286. The smallest absolute Gasteiger partial charge is 0.265 e. The lowest BCUT2D eigenvalue weighted by molar-refractivity contribution is 0.814. The van der Waals surface area contributed by atoms with Crippen LogP contribution in [0.15, 0.2) is 39.6 Å². The molecule has 0 saturated heterocycles. The number of halogens is 1. The van der Waals surface area contributed by atoms with Crippen LogP contribution in [0.3, 0.4) is 0 Å². The zero-order chi connectivity index (χ0) is 13.0. The van der Waals surface area contributed by atoms with Crippen LogP contribution in [-0.4, -0.2) is 9.97 Å². The maximum absolute atomic E-state index is 11.7. The highest BCUT2D eigenvalue weighted by molar-refractivity contribution is 9.10. The predicted molar refractivity (Wildman–Crippen MR) is 75.8 cm³/mol. The van der Waals surface area contributed by atoms with Gasteiger partial charge in [-0.05, 0) is 34.3 Å². The molecule has 1 N–H and O–H groups in total. The maximum atomic E-state index is 11.7. The molecule has 1 aromatic carbocycles. The Kier molecular flexibility index (Phi) is 4.31. The summed E-state index contributed by atoms with van der Waals surface area (Å²) in [6.45, 7) is 1.99. The molecule has 0 amide bonds. The minimum Gasteiger partial charge on any atom is -0.310 e. The number of H-pyrrole nitrogens is 1. The summed E-state index contributed by atoms with van der Waals surface area (Å²) in [6.07, 6.45) is 2.39. The van der Waals surface area contributed by atoms with E-state index < -0.39 is 0 Å². The van der Waals surface area contributed by atoms with E-state index in [9.17, 15) is 4.79 Å². The highest BCUT2D eigenvalue weighted by Gasteiger charge is 2.07. The SMILES string of the molecule is CCc1nc(CCc2ccccc2)[nH]c(=O)c1Br. The first-order valence-electron chi connectivity index (χ1n) is 6.02. The van der Waals surface area contributed by atoms with Gasteiger partial charge in [0.05, 0.1) is 5.69 Å². The van der Waals surface area contributed by atoms with Crippen molar-refractivity contribution in [2.24, 2.45) is 0 Å². The first kappa shape index (κ1) is 13.0. The van der Waals surface area contributed by atoms with Gasteiger partial charge < -0.3 is 4.98 Å². The van der Waals surface area contributed by atoms with Gasteiger partial charge in [-0.15, -0.1) is 0 Å². The van der Waals surface area contributed by atoms with Crippen LogP contribution in [0, 0.1) is 0 Å². The molecule has 0 aliphatic rings. The largest absolute Gasteiger partial charge is 0.310 e. The second kappa shape index (κ2) is 5.96. The van der Waals surface area contributed by atoms with E-state index >= 15 is 0 Å². The van der Waals surface area contributed by atoms with Crippen molar-refractivity contribution < 1.29 is 0 Å². The van der Waals surface area contributed by atoms with E-state index in [1.54, 1.807) is 0 Å². The van der Waals surface area contributed by atoms with E-state index in [0.29, 0.717) is 4.47 Å². The van der Waals surface area contributed by atoms with Gasteiger partial charge in [0.15, 0.2) is 0 Å². The Bertz CT molecular complexity index is 578. The fourth-order valence-corrected chi connectivity index (χ4v) is 2.29. The van der Waals surface area contributed by atoms with Crippen molar-refractivity contribution in [2.75, 3.05) is 0 Å². The molecule has 0 bridgehead atoms. The van der Waals surface area contributed by atoms with E-state index in [4.69, 9.17) is 0 Å². The third-order valence-electron chi connectivity index (χ3n) is 2.81. The number of aromatic nitrogens is 2. The van der Waals surface area contributed by atoms with Crippen molar-refractivity contribution in [2.45, 2.75) is 26.2 Å². The first-order chi connectivity index (χ1) is 8.70. The van der Waals surface area contributed by atoms with Gasteiger partial charge in [0.25, 0.3) is 5.56 Å². The molecule has 0 aliphatic carbocycles. The molecule has 2 aromatic rings. The van der Waals surface area contributed by atoms with Crippen LogP contribution in [0.5, 0.6) is 0 Å². The molecule has 2 rings (SSSR count). The van der Waals surface area contributed by atoms with E-state index in [1.807, 2.05) is 25.1 Å². The van der Waals surface area contributed by atoms with Gasteiger partial charge in [0.2, 0.25) is 0 Å². The second-order valence-corrected chi connectivity index (χ2v) is 4.91. The minimum absolute atomic E-state index is 0.0927. The Morgan fingerprint density at radius 3 is 2.61 bits per heavy atom. The Morgan fingerprint density at radius 1 is 1.22 bits per heavy atom. The van der Waals surface area contributed by atoms with Gasteiger partial charge in [0.1, 0.15) is 10.3 Å². The van der Waals surface area contributed by atoms with Crippen molar-refractivity contribution in [1.29, 1.82) is 0 Å². The van der Waals surface area contributed by atoms with Crippen LogP contribution in [0.2, 0.25) is 0 Å². The number of rotatable bonds is 4. The van der Waals surface area contributed by atoms with Crippen LogP contribution in [-0.2, 0) is 19.3 Å². The minimum atomic E-state index is -0.0927. The van der Waals surface area contributed by atoms with Crippen LogP contribution in [0.25, 0.3) is 0 Å². The number of aromatic amines is 1. The number of benzene rings is 1. The lowest BCUT2D eigenvalue weighted by Gasteiger charge is -2.05. The molecular weight excluding hydrogens is 292 g/mol. The standard InChI is InChI=1S/C14H15BrN2O/c1-2-11-13(15)14(18)17-12(16-11)9-8-10-6-4-3-5-7-10/h3-7H,2,8-9H2,1H3,(H,16,17,18). The molecule has 0 unspecified atom stereocenters. The van der Waals surface area contributed by atoms with Crippen molar-refractivity contribution >= 4 is 15.9 Å². The third kappa shape index (κ3) is 3.07. The van der Waals surface area contributed by atoms with E-state index in [2.05, 4.69) is 38.0 Å². The van der Waals surface area contributed by atoms with Crippen LogP contribution >= 0.6 is 15.9 Å². The van der Waals surface area contributed by atoms with Crippen LogP contribution < -0.4 is 5.56 Å². The lowest BCUT2D eigenvalue weighted by Crippen LogP contribution is -2.15. The second-order valence-electron chi connectivity index (χ2n) is 4.11.